The molecule has 3 rings (SSSR count). The summed E-state index contributed by atoms with van der Waals surface area (Å²) in [4.78, 5) is 27.5. The van der Waals surface area contributed by atoms with E-state index in [9.17, 15) is 9.59 Å². The van der Waals surface area contributed by atoms with Crippen molar-refractivity contribution in [1.82, 2.24) is 10.3 Å². The molecule has 1 saturated heterocycles. The molecule has 1 aliphatic heterocycles. The highest BCUT2D eigenvalue weighted by atomic mass is 35.5. The highest BCUT2D eigenvalue weighted by Crippen LogP contribution is 2.24. The minimum Gasteiger partial charge on any atom is -0.481 e. The molecule has 138 valence electrons. The molecule has 2 N–H and O–H groups in total. The van der Waals surface area contributed by atoms with Crippen molar-refractivity contribution >= 4 is 23.5 Å². The van der Waals surface area contributed by atoms with Gasteiger partial charge in [0, 0.05) is 30.0 Å². The van der Waals surface area contributed by atoms with Crippen LogP contribution in [0, 0.1) is 0 Å². The Morgan fingerprint density at radius 1 is 1.31 bits per heavy atom. The summed E-state index contributed by atoms with van der Waals surface area (Å²) in [5.74, 6) is -0.164. The smallest absolute Gasteiger partial charge is 0.305 e. The van der Waals surface area contributed by atoms with Crippen LogP contribution in [-0.4, -0.2) is 40.7 Å². The molecule has 1 aliphatic rings. The average molecular weight is 379 g/mol. The lowest BCUT2D eigenvalue weighted by atomic mass is 9.94. The van der Waals surface area contributed by atoms with Crippen molar-refractivity contribution in [1.29, 1.82) is 0 Å². The van der Waals surface area contributed by atoms with Crippen molar-refractivity contribution in [3.8, 4) is 11.3 Å². The molecule has 0 spiro atoms. The van der Waals surface area contributed by atoms with Gasteiger partial charge < -0.3 is 19.6 Å². The number of hydrogen-bond donors (Lipinski definition) is 2. The molecule has 2 heterocycles. The molecule has 1 aromatic heterocycles. The van der Waals surface area contributed by atoms with Crippen LogP contribution in [0.25, 0.3) is 11.3 Å². The zero-order valence-corrected chi connectivity index (χ0v) is 14.8. The predicted octanol–water partition coefficient (Wildman–Crippen LogP) is 2.68. The number of nitrogens with one attached hydrogen (secondary N) is 1. The second-order valence-electron chi connectivity index (χ2n) is 6.33. The first-order valence-electron chi connectivity index (χ1n) is 8.27. The maximum atomic E-state index is 12.2. The zero-order valence-electron chi connectivity index (χ0n) is 14.0. The summed E-state index contributed by atoms with van der Waals surface area (Å²) in [6.07, 6.45) is 2.42. The average Bonchev–Trinajstić information content (AvgIpc) is 3.23. The molecule has 0 aliphatic carbocycles. The maximum absolute atomic E-state index is 12.2. The molecule has 1 aromatic carbocycles. The van der Waals surface area contributed by atoms with Gasteiger partial charge in [0.15, 0.2) is 11.7 Å². The van der Waals surface area contributed by atoms with Crippen LogP contribution >= 0.6 is 11.6 Å². The number of rotatable bonds is 7. The number of aliphatic carboxylic acids is 1. The second kappa shape index (κ2) is 7.88. The quantitative estimate of drug-likeness (QED) is 0.768. The number of ether oxygens (including phenoxy) is 1. The summed E-state index contributed by atoms with van der Waals surface area (Å²) >= 11 is 5.87. The Balaban J connectivity index is 1.56. The summed E-state index contributed by atoms with van der Waals surface area (Å²) in [5, 5.41) is 12.5. The number of oxazole rings is 1. The number of carbonyl (C=O) groups is 2. The fourth-order valence-corrected chi connectivity index (χ4v) is 3.06. The molecule has 1 atom stereocenters. The summed E-state index contributed by atoms with van der Waals surface area (Å²) in [5.41, 5.74) is 0.0228. The molecular weight excluding hydrogens is 360 g/mol. The van der Waals surface area contributed by atoms with Crippen LogP contribution in [0.15, 0.2) is 34.9 Å². The van der Waals surface area contributed by atoms with Gasteiger partial charge in [0.2, 0.25) is 5.91 Å². The van der Waals surface area contributed by atoms with Crippen molar-refractivity contribution in [3.63, 3.8) is 0 Å². The first-order chi connectivity index (χ1) is 12.5. The van der Waals surface area contributed by atoms with E-state index in [-0.39, 0.29) is 25.4 Å². The number of benzene rings is 1. The fraction of sp³-hybridized carbons (Fsp3) is 0.389. The first kappa shape index (κ1) is 18.4. The number of aryl methyl sites for hydroxylation is 1. The molecule has 1 fully saturated rings. The lowest BCUT2D eigenvalue weighted by molar-refractivity contribution is -0.139. The molecule has 8 heteroatoms. The van der Waals surface area contributed by atoms with Crippen LogP contribution in [0.2, 0.25) is 5.02 Å². The predicted molar refractivity (Wildman–Crippen MR) is 93.8 cm³/mol. The summed E-state index contributed by atoms with van der Waals surface area (Å²) in [6, 6.07) is 7.18. The van der Waals surface area contributed by atoms with Gasteiger partial charge in [-0.2, -0.15) is 0 Å². The number of hydrogen-bond acceptors (Lipinski definition) is 5. The number of carbonyl (C=O) groups excluding carboxylic acids is 1. The molecule has 1 amide bonds. The summed E-state index contributed by atoms with van der Waals surface area (Å²) in [6.45, 7) is 0.655. The molecule has 1 unspecified atom stereocenters. The van der Waals surface area contributed by atoms with Gasteiger partial charge in [-0.3, -0.25) is 9.59 Å². The number of nitrogens with zero attached hydrogens (tertiary/aromatic N) is 1. The van der Waals surface area contributed by atoms with Crippen LogP contribution in [-0.2, 0) is 20.7 Å². The van der Waals surface area contributed by atoms with E-state index in [1.807, 2.05) is 12.1 Å². The standard InChI is InChI=1S/C18H19ClN2O5/c19-13-3-1-12(2-4-13)14-10-20-16(26-14)6-5-15(22)21-18(9-17(23)24)7-8-25-11-18/h1-4,10H,5-9,11H2,(H,21,22)(H,23,24). The van der Waals surface area contributed by atoms with Gasteiger partial charge in [0.05, 0.1) is 24.8 Å². The Kier molecular flexibility index (Phi) is 5.58. The van der Waals surface area contributed by atoms with Gasteiger partial charge in [-0.15, -0.1) is 0 Å². The van der Waals surface area contributed by atoms with E-state index in [0.29, 0.717) is 36.1 Å². The minimum atomic E-state index is -0.962. The third-order valence-corrected chi connectivity index (χ3v) is 4.50. The van der Waals surface area contributed by atoms with Gasteiger partial charge in [0.1, 0.15) is 0 Å². The van der Waals surface area contributed by atoms with Crippen molar-refractivity contribution in [3.05, 3.63) is 41.4 Å². The number of amides is 1. The normalized spacial score (nSPS) is 19.4. The molecule has 0 radical (unpaired) electrons. The van der Waals surface area contributed by atoms with Crippen molar-refractivity contribution in [2.45, 2.75) is 31.2 Å². The number of halogens is 1. The maximum Gasteiger partial charge on any atom is 0.305 e. The van der Waals surface area contributed by atoms with Crippen molar-refractivity contribution in [2.24, 2.45) is 0 Å². The van der Waals surface area contributed by atoms with Gasteiger partial charge in [-0.1, -0.05) is 11.6 Å². The van der Waals surface area contributed by atoms with Crippen LogP contribution in [0.4, 0.5) is 0 Å². The van der Waals surface area contributed by atoms with Gasteiger partial charge in [-0.05, 0) is 30.7 Å². The Hall–Kier alpha value is -2.38. The molecule has 2 aromatic rings. The summed E-state index contributed by atoms with van der Waals surface area (Å²) < 4.78 is 10.9. The molecule has 0 bridgehead atoms. The third kappa shape index (κ3) is 4.62. The fourth-order valence-electron chi connectivity index (χ4n) is 2.93. The molecule has 0 saturated carbocycles. The summed E-state index contributed by atoms with van der Waals surface area (Å²) in [7, 11) is 0. The molecular formula is C18H19ClN2O5. The van der Waals surface area contributed by atoms with E-state index in [4.69, 9.17) is 25.9 Å². The van der Waals surface area contributed by atoms with Gasteiger partial charge in [0.25, 0.3) is 0 Å². The lowest BCUT2D eigenvalue weighted by Gasteiger charge is -2.26. The Morgan fingerprint density at radius 2 is 2.08 bits per heavy atom. The van der Waals surface area contributed by atoms with E-state index in [1.165, 1.54) is 0 Å². The number of carboxylic acid groups (broad SMARTS) is 1. The van der Waals surface area contributed by atoms with Gasteiger partial charge >= 0.3 is 5.97 Å². The van der Waals surface area contributed by atoms with E-state index in [1.54, 1.807) is 18.3 Å². The first-order valence-corrected chi connectivity index (χ1v) is 8.65. The SMILES string of the molecule is O=C(O)CC1(NC(=O)CCc2ncc(-c3ccc(Cl)cc3)o2)CCOC1. The van der Waals surface area contributed by atoms with Crippen LogP contribution in [0.3, 0.4) is 0 Å². The zero-order chi connectivity index (χ0) is 18.6. The monoisotopic (exact) mass is 378 g/mol. The molecule has 26 heavy (non-hydrogen) atoms. The highest BCUT2D eigenvalue weighted by Gasteiger charge is 2.38. The topological polar surface area (TPSA) is 102 Å². The van der Waals surface area contributed by atoms with Crippen molar-refractivity contribution in [2.75, 3.05) is 13.2 Å². The molecule has 7 nitrogen and oxygen atoms in total. The van der Waals surface area contributed by atoms with Crippen molar-refractivity contribution < 1.29 is 23.8 Å². The number of carboxylic acids is 1. The van der Waals surface area contributed by atoms with E-state index in [2.05, 4.69) is 10.3 Å². The Labute approximate surface area is 155 Å². The third-order valence-electron chi connectivity index (χ3n) is 4.25. The van der Waals surface area contributed by atoms with E-state index >= 15 is 0 Å². The van der Waals surface area contributed by atoms with Gasteiger partial charge in [-0.25, -0.2) is 4.98 Å². The van der Waals surface area contributed by atoms with Crippen LogP contribution in [0.1, 0.15) is 25.2 Å². The Bertz CT molecular complexity index is 781. The van der Waals surface area contributed by atoms with E-state index in [0.717, 1.165) is 5.56 Å². The second-order valence-corrected chi connectivity index (χ2v) is 6.76. The van der Waals surface area contributed by atoms with Crippen LogP contribution in [0.5, 0.6) is 0 Å². The Morgan fingerprint density at radius 3 is 2.73 bits per heavy atom. The van der Waals surface area contributed by atoms with Crippen LogP contribution < -0.4 is 5.32 Å². The largest absolute Gasteiger partial charge is 0.481 e. The minimum absolute atomic E-state index is 0.154. The number of aromatic nitrogens is 1. The highest BCUT2D eigenvalue weighted by molar-refractivity contribution is 6.30. The lowest BCUT2D eigenvalue weighted by Crippen LogP contribution is -2.50. The van der Waals surface area contributed by atoms with E-state index < -0.39 is 11.5 Å².